The van der Waals surface area contributed by atoms with Gasteiger partial charge in [0.1, 0.15) is 5.78 Å². The maximum absolute atomic E-state index is 11.4. The Morgan fingerprint density at radius 3 is 2.88 bits per heavy atom. The third-order valence-electron chi connectivity index (χ3n) is 2.99. The number of thioether (sulfide) groups is 1. The second kappa shape index (κ2) is 5.74. The Morgan fingerprint density at radius 2 is 2.19 bits per heavy atom. The van der Waals surface area contributed by atoms with E-state index in [1.165, 1.54) is 0 Å². The molecule has 1 unspecified atom stereocenters. The van der Waals surface area contributed by atoms with Gasteiger partial charge >= 0.3 is 0 Å². The van der Waals surface area contributed by atoms with E-state index in [4.69, 9.17) is 11.6 Å². The molecule has 16 heavy (non-hydrogen) atoms. The summed E-state index contributed by atoms with van der Waals surface area (Å²) in [7, 11) is 0. The zero-order valence-corrected chi connectivity index (χ0v) is 10.7. The molecule has 1 fully saturated rings. The summed E-state index contributed by atoms with van der Waals surface area (Å²) in [5.74, 6) is 1.76. The molecule has 1 saturated carbocycles. The summed E-state index contributed by atoms with van der Waals surface area (Å²) in [5.41, 5.74) is 0. The fourth-order valence-electron chi connectivity index (χ4n) is 2.07. The number of carbonyl (C=O) groups is 1. The third kappa shape index (κ3) is 3.02. The Kier molecular flexibility index (Phi) is 4.30. The van der Waals surface area contributed by atoms with Crippen molar-refractivity contribution in [1.82, 2.24) is 0 Å². The molecule has 0 radical (unpaired) electrons. The van der Waals surface area contributed by atoms with E-state index in [1.807, 2.05) is 24.3 Å². The number of carbonyl (C=O) groups excluding carboxylic acids is 1. The molecule has 86 valence electrons. The van der Waals surface area contributed by atoms with E-state index in [0.29, 0.717) is 11.7 Å². The van der Waals surface area contributed by atoms with Crippen LogP contribution in [-0.2, 0) is 4.79 Å². The van der Waals surface area contributed by atoms with Crippen LogP contribution in [0.5, 0.6) is 0 Å². The van der Waals surface area contributed by atoms with Gasteiger partial charge in [0.05, 0.1) is 5.02 Å². The monoisotopic (exact) mass is 254 g/mol. The average molecular weight is 255 g/mol. The zero-order valence-electron chi connectivity index (χ0n) is 9.12. The van der Waals surface area contributed by atoms with E-state index in [9.17, 15) is 4.79 Å². The minimum Gasteiger partial charge on any atom is -0.299 e. The second-order valence-electron chi connectivity index (χ2n) is 4.12. The lowest BCUT2D eigenvalue weighted by Crippen LogP contribution is -2.06. The molecular weight excluding hydrogens is 240 g/mol. The minimum atomic E-state index is 0.315. The Bertz CT molecular complexity index is 378. The largest absolute Gasteiger partial charge is 0.299 e. The molecule has 3 heteroatoms. The Hall–Kier alpha value is -0.470. The quantitative estimate of drug-likeness (QED) is 0.750. The van der Waals surface area contributed by atoms with Crippen LogP contribution >= 0.6 is 23.4 Å². The van der Waals surface area contributed by atoms with Gasteiger partial charge in [-0.3, -0.25) is 4.79 Å². The summed E-state index contributed by atoms with van der Waals surface area (Å²) in [4.78, 5) is 12.6. The van der Waals surface area contributed by atoms with E-state index in [1.54, 1.807) is 11.8 Å². The van der Waals surface area contributed by atoms with E-state index in [0.717, 1.165) is 41.4 Å². The minimum absolute atomic E-state index is 0.315. The highest BCUT2D eigenvalue weighted by Gasteiger charge is 2.23. The lowest BCUT2D eigenvalue weighted by Gasteiger charge is -2.07. The first kappa shape index (κ1) is 12.0. The van der Waals surface area contributed by atoms with Gasteiger partial charge in [0.15, 0.2) is 0 Å². The van der Waals surface area contributed by atoms with Crippen molar-refractivity contribution in [2.45, 2.75) is 30.6 Å². The first-order valence-electron chi connectivity index (χ1n) is 5.67. The first-order chi connectivity index (χ1) is 7.77. The van der Waals surface area contributed by atoms with Crippen molar-refractivity contribution in [3.8, 4) is 0 Å². The highest BCUT2D eigenvalue weighted by atomic mass is 35.5. The summed E-state index contributed by atoms with van der Waals surface area (Å²) >= 11 is 7.81. The summed E-state index contributed by atoms with van der Waals surface area (Å²) in [6, 6.07) is 7.87. The van der Waals surface area contributed by atoms with E-state index < -0.39 is 0 Å². The molecule has 0 N–H and O–H groups in total. The first-order valence-corrected chi connectivity index (χ1v) is 7.04. The van der Waals surface area contributed by atoms with Crippen molar-refractivity contribution in [2.75, 3.05) is 5.75 Å². The van der Waals surface area contributed by atoms with Crippen molar-refractivity contribution in [3.63, 3.8) is 0 Å². The average Bonchev–Trinajstić information content (AvgIpc) is 2.67. The molecule has 1 aliphatic carbocycles. The van der Waals surface area contributed by atoms with E-state index in [-0.39, 0.29) is 0 Å². The van der Waals surface area contributed by atoms with Gasteiger partial charge < -0.3 is 0 Å². The van der Waals surface area contributed by atoms with Crippen LogP contribution in [0.2, 0.25) is 5.02 Å². The molecule has 0 aromatic heterocycles. The molecule has 1 atom stereocenters. The van der Waals surface area contributed by atoms with Crippen molar-refractivity contribution in [1.29, 1.82) is 0 Å². The number of halogens is 1. The van der Waals surface area contributed by atoms with Gasteiger partial charge in [-0.15, -0.1) is 11.8 Å². The van der Waals surface area contributed by atoms with Crippen LogP contribution in [0.25, 0.3) is 0 Å². The van der Waals surface area contributed by atoms with Crippen LogP contribution in [0.1, 0.15) is 25.7 Å². The highest BCUT2D eigenvalue weighted by Crippen LogP contribution is 2.30. The van der Waals surface area contributed by atoms with Gasteiger partial charge in [-0.25, -0.2) is 0 Å². The Labute approximate surface area is 106 Å². The SMILES string of the molecule is O=C1CCCC1CCSc1ccccc1Cl. The molecular formula is C13H15ClOS. The van der Waals surface area contributed by atoms with Gasteiger partial charge in [-0.05, 0) is 37.1 Å². The van der Waals surface area contributed by atoms with Crippen molar-refractivity contribution >= 4 is 29.1 Å². The smallest absolute Gasteiger partial charge is 0.136 e. The summed E-state index contributed by atoms with van der Waals surface area (Å²) < 4.78 is 0. The van der Waals surface area contributed by atoms with Crippen molar-refractivity contribution < 1.29 is 4.79 Å². The summed E-state index contributed by atoms with van der Waals surface area (Å²) in [6.45, 7) is 0. The number of hydrogen-bond acceptors (Lipinski definition) is 2. The summed E-state index contributed by atoms with van der Waals surface area (Å²) in [6.07, 6.45) is 3.96. The molecule has 0 saturated heterocycles. The molecule has 0 heterocycles. The molecule has 1 aromatic carbocycles. The number of benzene rings is 1. The Morgan fingerprint density at radius 1 is 1.38 bits per heavy atom. The highest BCUT2D eigenvalue weighted by molar-refractivity contribution is 7.99. The Balaban J connectivity index is 1.80. The molecule has 1 aliphatic rings. The lowest BCUT2D eigenvalue weighted by atomic mass is 10.1. The van der Waals surface area contributed by atoms with Gasteiger partial charge in [0, 0.05) is 17.2 Å². The maximum atomic E-state index is 11.4. The molecule has 1 aromatic rings. The predicted octanol–water partition coefficient (Wildman–Crippen LogP) is 4.19. The third-order valence-corrected chi connectivity index (χ3v) is 4.54. The van der Waals surface area contributed by atoms with Crippen LogP contribution in [0, 0.1) is 5.92 Å². The normalized spacial score (nSPS) is 20.3. The van der Waals surface area contributed by atoms with E-state index in [2.05, 4.69) is 0 Å². The molecule has 0 spiro atoms. The number of rotatable bonds is 4. The van der Waals surface area contributed by atoms with Gasteiger partial charge in [0.25, 0.3) is 0 Å². The van der Waals surface area contributed by atoms with Gasteiger partial charge in [-0.2, -0.15) is 0 Å². The standard InChI is InChI=1S/C13H15ClOS/c14-11-5-1-2-7-13(11)16-9-8-10-4-3-6-12(10)15/h1-2,5,7,10H,3-4,6,8-9H2. The van der Waals surface area contributed by atoms with E-state index >= 15 is 0 Å². The van der Waals surface area contributed by atoms with Gasteiger partial charge in [-0.1, -0.05) is 23.7 Å². The van der Waals surface area contributed by atoms with Crippen LogP contribution in [0.3, 0.4) is 0 Å². The number of Topliss-reactive ketones (excluding diaryl/α,β-unsaturated/α-hetero) is 1. The van der Waals surface area contributed by atoms with Crippen LogP contribution in [0.15, 0.2) is 29.2 Å². The summed E-state index contributed by atoms with van der Waals surface area (Å²) in [5, 5.41) is 0.810. The van der Waals surface area contributed by atoms with Crippen LogP contribution in [0.4, 0.5) is 0 Å². The fourth-order valence-corrected chi connectivity index (χ4v) is 3.37. The molecule has 2 rings (SSSR count). The maximum Gasteiger partial charge on any atom is 0.136 e. The van der Waals surface area contributed by atoms with Crippen LogP contribution in [-0.4, -0.2) is 11.5 Å². The zero-order chi connectivity index (χ0) is 11.4. The van der Waals surface area contributed by atoms with Crippen LogP contribution < -0.4 is 0 Å². The molecule has 0 amide bonds. The van der Waals surface area contributed by atoms with Gasteiger partial charge in [0.2, 0.25) is 0 Å². The fraction of sp³-hybridized carbons (Fsp3) is 0.462. The lowest BCUT2D eigenvalue weighted by molar-refractivity contribution is -0.120. The molecule has 0 bridgehead atoms. The second-order valence-corrected chi connectivity index (χ2v) is 5.67. The molecule has 1 nitrogen and oxygen atoms in total. The topological polar surface area (TPSA) is 17.1 Å². The van der Waals surface area contributed by atoms with Crippen molar-refractivity contribution in [3.05, 3.63) is 29.3 Å². The van der Waals surface area contributed by atoms with Crippen molar-refractivity contribution in [2.24, 2.45) is 5.92 Å². The number of ketones is 1. The number of hydrogen-bond donors (Lipinski definition) is 0. The predicted molar refractivity (Wildman–Crippen MR) is 69.1 cm³/mol. The molecule has 0 aliphatic heterocycles.